The molecule has 11 heteroatoms. The minimum Gasteiger partial charge on any atom is -0.618 e. The van der Waals surface area contributed by atoms with Crippen molar-refractivity contribution in [2.45, 2.75) is 20.5 Å². The van der Waals surface area contributed by atoms with Crippen molar-refractivity contribution in [2.75, 3.05) is 11.9 Å². The molecule has 0 aliphatic carbocycles. The molecule has 2 heterocycles. The average molecular weight is 520 g/mol. The highest BCUT2D eigenvalue weighted by Gasteiger charge is 2.15. The number of nitrogens with zero attached hydrogens (tertiary/aromatic N) is 4. The molecule has 2 N–H and O–H groups in total. The van der Waals surface area contributed by atoms with Crippen LogP contribution in [0.2, 0.25) is 5.02 Å². The molecule has 0 atom stereocenters. The van der Waals surface area contributed by atoms with Gasteiger partial charge in [-0.15, -0.1) is 0 Å². The van der Waals surface area contributed by atoms with Gasteiger partial charge in [0.1, 0.15) is 17.6 Å². The predicted octanol–water partition coefficient (Wildman–Crippen LogP) is 4.21. The lowest BCUT2D eigenvalue weighted by Gasteiger charge is -2.14. The van der Waals surface area contributed by atoms with Gasteiger partial charge in [0, 0.05) is 30.5 Å². The summed E-state index contributed by atoms with van der Waals surface area (Å²) in [6.07, 6.45) is 2.62. The summed E-state index contributed by atoms with van der Waals surface area (Å²) in [4.78, 5) is 16.4. The van der Waals surface area contributed by atoms with Crippen LogP contribution in [0.15, 0.2) is 65.9 Å². The maximum absolute atomic E-state index is 11.8. The van der Waals surface area contributed by atoms with E-state index in [9.17, 15) is 20.5 Å². The van der Waals surface area contributed by atoms with Crippen LogP contribution >= 0.6 is 11.6 Å². The molecule has 0 unspecified atom stereocenters. The van der Waals surface area contributed by atoms with E-state index in [2.05, 4.69) is 10.3 Å². The molecule has 0 saturated carbocycles. The summed E-state index contributed by atoms with van der Waals surface area (Å²) in [6.45, 7) is 3.52. The van der Waals surface area contributed by atoms with Crippen LogP contribution in [-0.4, -0.2) is 22.5 Å². The quantitative estimate of drug-likeness (QED) is 0.213. The molecule has 0 spiro atoms. The number of anilines is 1. The van der Waals surface area contributed by atoms with Crippen molar-refractivity contribution in [1.82, 2.24) is 4.73 Å². The fourth-order valence-corrected chi connectivity index (χ4v) is 3.87. The van der Waals surface area contributed by atoms with Crippen LogP contribution in [0.5, 0.6) is 11.5 Å². The van der Waals surface area contributed by atoms with E-state index in [4.69, 9.17) is 21.1 Å². The molecule has 0 fully saturated rings. The maximum atomic E-state index is 11.8. The molecule has 37 heavy (non-hydrogen) atoms. The number of hydrogen-bond donors (Lipinski definition) is 2. The zero-order valence-electron chi connectivity index (χ0n) is 19.9. The Labute approximate surface area is 216 Å². The number of nitrogens with one attached hydrogen (secondary N) is 1. The summed E-state index contributed by atoms with van der Waals surface area (Å²) in [5.74, 6) is 0.392. The minimum atomic E-state index is -0.313. The summed E-state index contributed by atoms with van der Waals surface area (Å²) in [7, 11) is 0. The zero-order chi connectivity index (χ0) is 26.5. The Balaban J connectivity index is 1.80. The van der Waals surface area contributed by atoms with Crippen molar-refractivity contribution in [2.24, 2.45) is 4.99 Å². The van der Waals surface area contributed by atoms with Gasteiger partial charge in [-0.2, -0.15) is 14.7 Å². The first-order valence-corrected chi connectivity index (χ1v) is 11.6. The second kappa shape index (κ2) is 10.9. The number of hydrogen-bond acceptors (Lipinski definition) is 7. The third-order valence-electron chi connectivity index (χ3n) is 5.27. The molecular weight excluding hydrogens is 498 g/mol. The summed E-state index contributed by atoms with van der Waals surface area (Å²) >= 11 is 6.41. The second-order valence-corrected chi connectivity index (χ2v) is 8.27. The first kappa shape index (κ1) is 25.3. The monoisotopic (exact) mass is 519 g/mol. The highest BCUT2D eigenvalue weighted by Crippen LogP contribution is 2.31. The molecular formula is C26H22ClN5O5. The molecule has 0 saturated heterocycles. The number of ether oxygens (including phenoxy) is 2. The third kappa shape index (κ3) is 5.58. The van der Waals surface area contributed by atoms with Gasteiger partial charge in [-0.25, -0.2) is 4.99 Å². The van der Waals surface area contributed by atoms with Crippen LogP contribution in [0.25, 0.3) is 10.9 Å². The van der Waals surface area contributed by atoms with Gasteiger partial charge in [0.05, 0.1) is 45.6 Å². The second-order valence-electron chi connectivity index (χ2n) is 7.86. The van der Waals surface area contributed by atoms with Crippen LogP contribution in [-0.2, 0) is 11.4 Å². The van der Waals surface area contributed by atoms with Crippen molar-refractivity contribution in [1.29, 1.82) is 5.26 Å². The van der Waals surface area contributed by atoms with Gasteiger partial charge in [0.2, 0.25) is 11.6 Å². The van der Waals surface area contributed by atoms with E-state index in [0.717, 1.165) is 4.73 Å². The van der Waals surface area contributed by atoms with E-state index >= 15 is 0 Å². The SMILES string of the molecule is CCOc1cc2c(cc1NC(C)=O)c(=Nc1ccc(OCc3cccc[n+]3[O-])c(Cl)c1)c(C#N)cn2O. The van der Waals surface area contributed by atoms with Gasteiger partial charge in [0.15, 0.2) is 12.8 Å². The van der Waals surface area contributed by atoms with Crippen LogP contribution < -0.4 is 24.9 Å². The van der Waals surface area contributed by atoms with Crippen molar-refractivity contribution >= 4 is 39.8 Å². The Kier molecular flexibility index (Phi) is 7.46. The van der Waals surface area contributed by atoms with Gasteiger partial charge in [-0.3, -0.25) is 4.79 Å². The molecule has 10 nitrogen and oxygen atoms in total. The maximum Gasteiger partial charge on any atom is 0.230 e. The standard InChI is InChI=1S/C26H22ClN5O5/c1-3-36-25-12-23-20(11-22(25)29-16(2)33)26(17(13-28)14-32(23)35)30-18-7-8-24(21(27)10-18)37-15-19-6-4-5-9-31(19)34/h4-12,14,35H,3,15H2,1-2H3,(H,29,33). The number of halogens is 1. The van der Waals surface area contributed by atoms with Crippen molar-refractivity contribution < 1.29 is 24.2 Å². The van der Waals surface area contributed by atoms with Crippen molar-refractivity contribution in [3.8, 4) is 17.6 Å². The van der Waals surface area contributed by atoms with Crippen LogP contribution in [0, 0.1) is 16.5 Å². The molecule has 2 aromatic carbocycles. The largest absolute Gasteiger partial charge is 0.618 e. The molecule has 1 amide bonds. The number of rotatable bonds is 7. The lowest BCUT2D eigenvalue weighted by Crippen LogP contribution is -2.31. The zero-order valence-corrected chi connectivity index (χ0v) is 20.7. The number of pyridine rings is 2. The summed E-state index contributed by atoms with van der Waals surface area (Å²) in [5.41, 5.74) is 1.61. The Bertz CT molecular complexity index is 1610. The average Bonchev–Trinajstić information content (AvgIpc) is 2.86. The number of carbonyl (C=O) groups is 1. The lowest BCUT2D eigenvalue weighted by molar-refractivity contribution is -0.616. The molecule has 0 aliphatic heterocycles. The molecule has 188 valence electrons. The summed E-state index contributed by atoms with van der Waals surface area (Å²) < 4.78 is 12.8. The van der Waals surface area contributed by atoms with Crippen LogP contribution in [0.1, 0.15) is 25.1 Å². The minimum absolute atomic E-state index is 0.0209. The first-order valence-electron chi connectivity index (χ1n) is 11.2. The third-order valence-corrected chi connectivity index (χ3v) is 5.57. The van der Waals surface area contributed by atoms with Crippen molar-refractivity contribution in [3.05, 3.63) is 87.8 Å². The normalized spacial score (nSPS) is 11.2. The van der Waals surface area contributed by atoms with E-state index in [-0.39, 0.29) is 28.5 Å². The fraction of sp³-hybridized carbons (Fsp3) is 0.154. The van der Waals surface area contributed by atoms with Gasteiger partial charge >= 0.3 is 0 Å². The van der Waals surface area contributed by atoms with E-state index in [1.807, 2.05) is 6.07 Å². The lowest BCUT2D eigenvalue weighted by atomic mass is 10.1. The van der Waals surface area contributed by atoms with Gasteiger partial charge in [-0.1, -0.05) is 11.6 Å². The van der Waals surface area contributed by atoms with Crippen molar-refractivity contribution in [3.63, 3.8) is 0 Å². The number of nitriles is 1. The van der Waals surface area contributed by atoms with E-state index in [1.54, 1.807) is 55.5 Å². The number of amides is 1. The van der Waals surface area contributed by atoms with E-state index < -0.39 is 0 Å². The van der Waals surface area contributed by atoms with E-state index in [0.29, 0.717) is 50.8 Å². The number of aromatic nitrogens is 2. The topological polar surface area (TPSA) is 136 Å². The molecule has 2 aromatic heterocycles. The number of fused-ring (bicyclic) bond motifs is 1. The Hall–Kier alpha value is -4.75. The van der Waals surface area contributed by atoms with Gasteiger partial charge in [0.25, 0.3) is 0 Å². The van der Waals surface area contributed by atoms with Crippen LogP contribution in [0.3, 0.4) is 0 Å². The molecule has 0 bridgehead atoms. The Morgan fingerprint density at radius 1 is 1.24 bits per heavy atom. The number of carbonyl (C=O) groups excluding carboxylic acids is 1. The van der Waals surface area contributed by atoms with Gasteiger partial charge in [-0.05, 0) is 37.3 Å². The fourth-order valence-electron chi connectivity index (χ4n) is 3.64. The highest BCUT2D eigenvalue weighted by molar-refractivity contribution is 6.32. The highest BCUT2D eigenvalue weighted by atomic mass is 35.5. The molecule has 4 rings (SSSR count). The summed E-state index contributed by atoms with van der Waals surface area (Å²) in [6, 6.07) is 15.0. The smallest absolute Gasteiger partial charge is 0.230 e. The van der Waals surface area contributed by atoms with Crippen LogP contribution in [0.4, 0.5) is 11.4 Å². The Morgan fingerprint density at radius 3 is 2.73 bits per heavy atom. The van der Waals surface area contributed by atoms with E-state index in [1.165, 1.54) is 19.3 Å². The Morgan fingerprint density at radius 2 is 2.05 bits per heavy atom. The summed E-state index contributed by atoms with van der Waals surface area (Å²) in [5, 5.41) is 35.7. The van der Waals surface area contributed by atoms with Gasteiger partial charge < -0.3 is 25.2 Å². The molecule has 0 radical (unpaired) electrons. The molecule has 0 aliphatic rings. The number of benzene rings is 2. The predicted molar refractivity (Wildman–Crippen MR) is 136 cm³/mol. The molecule has 4 aromatic rings. The first-order chi connectivity index (χ1) is 17.8.